The predicted octanol–water partition coefficient (Wildman–Crippen LogP) is 4.69. The van der Waals surface area contributed by atoms with Crippen molar-refractivity contribution in [3.8, 4) is 0 Å². The van der Waals surface area contributed by atoms with Gasteiger partial charge in [0.25, 0.3) is 10.1 Å². The van der Waals surface area contributed by atoms with E-state index >= 15 is 0 Å². The van der Waals surface area contributed by atoms with Crippen LogP contribution in [0, 0.1) is 6.92 Å². The average molecular weight is 473 g/mol. The summed E-state index contributed by atoms with van der Waals surface area (Å²) in [6.45, 7) is 2.30. The van der Waals surface area contributed by atoms with E-state index in [0.717, 1.165) is 33.4 Å². The molecule has 1 aromatic heterocycles. The van der Waals surface area contributed by atoms with Gasteiger partial charge in [0.2, 0.25) is 0 Å². The van der Waals surface area contributed by atoms with E-state index in [1.807, 2.05) is 66.7 Å². The van der Waals surface area contributed by atoms with Gasteiger partial charge in [-0.05, 0) is 42.3 Å². The quantitative estimate of drug-likeness (QED) is 0.363. The lowest BCUT2D eigenvalue weighted by Gasteiger charge is -2.18. The van der Waals surface area contributed by atoms with E-state index in [1.54, 1.807) is 28.9 Å². The topological polar surface area (TPSA) is 77.3 Å². The molecular formula is C26H24N4O3S. The molecule has 8 heteroatoms. The molecular weight excluding hydrogens is 448 g/mol. The highest BCUT2D eigenvalue weighted by molar-refractivity contribution is 7.86. The van der Waals surface area contributed by atoms with E-state index in [0.29, 0.717) is 13.0 Å². The maximum Gasteiger partial charge on any atom is 0.297 e. The fraction of sp³-hybridized carbons (Fsp3) is 0.154. The van der Waals surface area contributed by atoms with E-state index in [9.17, 15) is 8.42 Å². The highest BCUT2D eigenvalue weighted by Crippen LogP contribution is 2.33. The van der Waals surface area contributed by atoms with Gasteiger partial charge in [0.1, 0.15) is 5.52 Å². The molecule has 4 aromatic rings. The number of hydrogen-bond donors (Lipinski definition) is 0. The van der Waals surface area contributed by atoms with E-state index in [1.165, 1.54) is 0 Å². The summed E-state index contributed by atoms with van der Waals surface area (Å²) in [7, 11) is -3.83. The first-order valence-electron chi connectivity index (χ1n) is 11.0. The molecule has 0 fully saturated rings. The van der Waals surface area contributed by atoms with Gasteiger partial charge in [-0.3, -0.25) is 4.18 Å². The van der Waals surface area contributed by atoms with Crippen LogP contribution in [-0.4, -0.2) is 41.5 Å². The summed E-state index contributed by atoms with van der Waals surface area (Å²) in [6, 6.07) is 24.5. The van der Waals surface area contributed by atoms with Crippen molar-refractivity contribution >= 4 is 32.9 Å². The average Bonchev–Trinajstić information content (AvgIpc) is 3.44. The Morgan fingerprint density at radius 1 is 0.971 bits per heavy atom. The second-order valence-corrected chi connectivity index (χ2v) is 9.74. The number of aryl methyl sites for hydroxylation is 1. The number of aromatic nitrogens is 3. The van der Waals surface area contributed by atoms with E-state index < -0.39 is 10.1 Å². The minimum Gasteiger partial charge on any atom is -0.347 e. The molecule has 172 valence electrons. The van der Waals surface area contributed by atoms with Crippen LogP contribution in [0.2, 0.25) is 0 Å². The van der Waals surface area contributed by atoms with Crippen LogP contribution >= 0.6 is 0 Å². The van der Waals surface area contributed by atoms with Gasteiger partial charge < -0.3 is 4.90 Å². The maximum atomic E-state index is 12.6. The van der Waals surface area contributed by atoms with Gasteiger partial charge in [0.15, 0.2) is 0 Å². The molecule has 0 atom stereocenters. The Balaban J connectivity index is 1.38. The van der Waals surface area contributed by atoms with Gasteiger partial charge >= 0.3 is 0 Å². The largest absolute Gasteiger partial charge is 0.347 e. The normalized spacial score (nSPS) is 15.3. The van der Waals surface area contributed by atoms with Gasteiger partial charge in [0, 0.05) is 24.9 Å². The van der Waals surface area contributed by atoms with Crippen LogP contribution in [0.3, 0.4) is 0 Å². The zero-order valence-corrected chi connectivity index (χ0v) is 19.5. The van der Waals surface area contributed by atoms with Crippen molar-refractivity contribution in [3.05, 3.63) is 102 Å². The monoisotopic (exact) mass is 472 g/mol. The Kier molecular flexibility index (Phi) is 6.00. The molecule has 1 aliphatic heterocycles. The van der Waals surface area contributed by atoms with E-state index in [-0.39, 0.29) is 11.5 Å². The number of para-hydroxylation sites is 1. The van der Waals surface area contributed by atoms with Crippen molar-refractivity contribution in [1.82, 2.24) is 19.9 Å². The van der Waals surface area contributed by atoms with E-state index in [4.69, 9.17) is 4.18 Å². The SMILES string of the molecule is Cc1ccc(S(=O)(=O)OCCN2C=C(c3ccccc3)CC2=Cn2nnc3ccccc32)cc1. The van der Waals surface area contributed by atoms with Crippen molar-refractivity contribution < 1.29 is 12.6 Å². The smallest absolute Gasteiger partial charge is 0.297 e. The molecule has 3 aromatic carbocycles. The van der Waals surface area contributed by atoms with Crippen molar-refractivity contribution in [2.45, 2.75) is 18.2 Å². The molecule has 0 aliphatic carbocycles. The molecule has 5 rings (SSSR count). The molecule has 0 bridgehead atoms. The van der Waals surface area contributed by atoms with Gasteiger partial charge in [0.05, 0.1) is 23.2 Å². The first kappa shape index (κ1) is 22.1. The third-order valence-electron chi connectivity index (χ3n) is 5.73. The molecule has 0 spiro atoms. The molecule has 0 unspecified atom stereocenters. The number of nitrogens with zero attached hydrogens (tertiary/aromatic N) is 4. The zero-order chi connectivity index (χ0) is 23.5. The Bertz CT molecular complexity index is 1470. The fourth-order valence-corrected chi connectivity index (χ4v) is 4.81. The zero-order valence-electron chi connectivity index (χ0n) is 18.7. The number of fused-ring (bicyclic) bond motifs is 1. The van der Waals surface area contributed by atoms with Crippen LogP contribution < -0.4 is 0 Å². The number of benzene rings is 3. The molecule has 2 heterocycles. The van der Waals surface area contributed by atoms with Gasteiger partial charge in [-0.25, -0.2) is 4.68 Å². The minimum absolute atomic E-state index is 0.0181. The lowest BCUT2D eigenvalue weighted by molar-refractivity contribution is 0.282. The number of hydrogen-bond acceptors (Lipinski definition) is 6. The van der Waals surface area contributed by atoms with Gasteiger partial charge in [-0.15, -0.1) is 5.10 Å². The fourth-order valence-electron chi connectivity index (χ4n) is 3.91. The Hall–Kier alpha value is -3.75. The van der Waals surface area contributed by atoms with Crippen LogP contribution in [0.25, 0.3) is 22.8 Å². The summed E-state index contributed by atoms with van der Waals surface area (Å²) < 4.78 is 32.3. The Labute approximate surface area is 198 Å². The summed E-state index contributed by atoms with van der Waals surface area (Å²) in [5, 5.41) is 8.50. The Morgan fingerprint density at radius 3 is 2.50 bits per heavy atom. The van der Waals surface area contributed by atoms with Gasteiger partial charge in [-0.2, -0.15) is 8.42 Å². The Morgan fingerprint density at radius 2 is 1.71 bits per heavy atom. The standard InChI is InChI=1S/C26H24N4O3S/c1-20-11-13-24(14-12-20)34(31,32)33-16-15-29-18-22(21-7-3-2-4-8-21)17-23(29)19-30-26-10-6-5-9-25(26)27-28-30/h2-14,18-19H,15-17H2,1H3. The number of allylic oxidation sites excluding steroid dienone is 1. The minimum atomic E-state index is -3.83. The van der Waals surface area contributed by atoms with Crippen molar-refractivity contribution in [2.75, 3.05) is 13.2 Å². The van der Waals surface area contributed by atoms with Crippen molar-refractivity contribution in [2.24, 2.45) is 0 Å². The van der Waals surface area contributed by atoms with Crippen molar-refractivity contribution in [1.29, 1.82) is 0 Å². The maximum absolute atomic E-state index is 12.6. The second-order valence-electron chi connectivity index (χ2n) is 8.12. The first-order chi connectivity index (χ1) is 16.5. The summed E-state index contributed by atoms with van der Waals surface area (Å²) in [5.41, 5.74) is 5.94. The molecule has 0 amide bonds. The predicted molar refractivity (Wildman–Crippen MR) is 132 cm³/mol. The summed E-state index contributed by atoms with van der Waals surface area (Å²) >= 11 is 0. The lowest BCUT2D eigenvalue weighted by Crippen LogP contribution is -2.21. The lowest BCUT2D eigenvalue weighted by atomic mass is 10.1. The van der Waals surface area contributed by atoms with E-state index in [2.05, 4.69) is 22.4 Å². The van der Waals surface area contributed by atoms with Crippen molar-refractivity contribution in [3.63, 3.8) is 0 Å². The van der Waals surface area contributed by atoms with Crippen LogP contribution in [-0.2, 0) is 14.3 Å². The summed E-state index contributed by atoms with van der Waals surface area (Å²) in [5.74, 6) is 0. The second kappa shape index (κ2) is 9.24. The van der Waals surface area contributed by atoms with Crippen LogP contribution in [0.4, 0.5) is 0 Å². The third kappa shape index (κ3) is 4.64. The third-order valence-corrected chi connectivity index (χ3v) is 7.05. The molecule has 0 radical (unpaired) electrons. The number of rotatable bonds is 7. The molecule has 0 saturated heterocycles. The molecule has 1 aliphatic rings. The molecule has 0 saturated carbocycles. The molecule has 7 nitrogen and oxygen atoms in total. The summed E-state index contributed by atoms with van der Waals surface area (Å²) in [6.07, 6.45) is 4.67. The summed E-state index contributed by atoms with van der Waals surface area (Å²) in [4.78, 5) is 2.17. The van der Waals surface area contributed by atoms with Crippen LogP contribution in [0.15, 0.2) is 95.7 Å². The van der Waals surface area contributed by atoms with Gasteiger partial charge in [-0.1, -0.05) is 65.4 Å². The van der Waals surface area contributed by atoms with Crippen LogP contribution in [0.5, 0.6) is 0 Å². The first-order valence-corrected chi connectivity index (χ1v) is 12.4. The molecule has 34 heavy (non-hydrogen) atoms. The highest BCUT2D eigenvalue weighted by Gasteiger charge is 2.22. The molecule has 0 N–H and O–H groups in total. The van der Waals surface area contributed by atoms with Crippen LogP contribution in [0.1, 0.15) is 17.5 Å². The highest BCUT2D eigenvalue weighted by atomic mass is 32.2.